The smallest absolute Gasteiger partial charge is 0.322 e. The van der Waals surface area contributed by atoms with Gasteiger partial charge in [0, 0.05) is 12.2 Å². The maximum atomic E-state index is 13.1. The predicted octanol–water partition coefficient (Wildman–Crippen LogP) is 4.43. The van der Waals surface area contributed by atoms with Gasteiger partial charge in [0.1, 0.15) is 5.75 Å². The van der Waals surface area contributed by atoms with Gasteiger partial charge < -0.3 is 15.0 Å². The number of nitrogens with one attached hydrogen (secondary N) is 1. The third-order valence-electron chi connectivity index (χ3n) is 5.32. The average Bonchev–Trinajstić information content (AvgIpc) is 3.19. The van der Waals surface area contributed by atoms with Crippen LogP contribution in [-0.2, 0) is 0 Å². The quantitative estimate of drug-likeness (QED) is 0.714. The molecule has 0 unspecified atom stereocenters. The van der Waals surface area contributed by atoms with E-state index in [4.69, 9.17) is 4.74 Å². The van der Waals surface area contributed by atoms with Crippen LogP contribution in [0.1, 0.15) is 37.3 Å². The molecule has 0 spiro atoms. The van der Waals surface area contributed by atoms with Gasteiger partial charge in [0.05, 0.1) is 31.2 Å². The molecule has 1 saturated heterocycles. The van der Waals surface area contributed by atoms with Gasteiger partial charge in [-0.05, 0) is 54.8 Å². The van der Waals surface area contributed by atoms with Crippen molar-refractivity contribution in [3.8, 4) is 11.4 Å². The fourth-order valence-electron chi connectivity index (χ4n) is 3.76. The third kappa shape index (κ3) is 4.39. The van der Waals surface area contributed by atoms with Crippen LogP contribution >= 0.6 is 0 Å². The fraction of sp³-hybridized carbons (Fsp3) is 0.318. The Morgan fingerprint density at radius 3 is 2.55 bits per heavy atom. The lowest BCUT2D eigenvalue weighted by molar-refractivity contribution is 0.189. The number of hydrogen-bond donors (Lipinski definition) is 1. The van der Waals surface area contributed by atoms with E-state index in [0.717, 1.165) is 54.9 Å². The van der Waals surface area contributed by atoms with Crippen LogP contribution in [0.5, 0.6) is 5.75 Å². The van der Waals surface area contributed by atoms with Crippen molar-refractivity contribution in [1.82, 2.24) is 19.9 Å². The highest BCUT2D eigenvalue weighted by molar-refractivity contribution is 5.89. The molecular formula is C22H25N5O2. The van der Waals surface area contributed by atoms with Crippen molar-refractivity contribution in [2.24, 2.45) is 0 Å². The van der Waals surface area contributed by atoms with E-state index in [-0.39, 0.29) is 12.1 Å². The van der Waals surface area contributed by atoms with Gasteiger partial charge in [-0.15, -0.1) is 5.10 Å². The largest absolute Gasteiger partial charge is 0.497 e. The summed E-state index contributed by atoms with van der Waals surface area (Å²) in [4.78, 5) is 15.1. The van der Waals surface area contributed by atoms with Gasteiger partial charge in [-0.3, -0.25) is 0 Å². The summed E-state index contributed by atoms with van der Waals surface area (Å²) >= 11 is 0. The Labute approximate surface area is 170 Å². The lowest BCUT2D eigenvalue weighted by Gasteiger charge is -2.30. The van der Waals surface area contributed by atoms with E-state index in [1.165, 1.54) is 0 Å². The second-order valence-corrected chi connectivity index (χ2v) is 7.16. The molecule has 0 radical (unpaired) electrons. The molecule has 1 N–H and O–H groups in total. The van der Waals surface area contributed by atoms with Crippen molar-refractivity contribution in [3.05, 3.63) is 66.5 Å². The van der Waals surface area contributed by atoms with E-state index in [2.05, 4.69) is 27.8 Å². The van der Waals surface area contributed by atoms with Crippen molar-refractivity contribution in [1.29, 1.82) is 0 Å². The molecule has 0 saturated carbocycles. The highest BCUT2D eigenvalue weighted by Crippen LogP contribution is 2.31. The standard InChI is InChI=1S/C22H25N5O2/c1-29-20-12-6-17(7-13-20)21-5-3-2-4-15-26(21)22(28)24-18-8-10-19(11-9-18)27-16-14-23-25-27/h6-14,16,21H,2-5,15H2,1H3,(H,24,28)/t21-/m0/s1. The number of anilines is 1. The number of aromatic nitrogens is 3. The minimum absolute atomic E-state index is 0.0674. The molecule has 1 aromatic heterocycles. The summed E-state index contributed by atoms with van der Waals surface area (Å²) < 4.78 is 6.95. The number of nitrogens with zero attached hydrogens (tertiary/aromatic N) is 4. The normalized spacial score (nSPS) is 16.9. The van der Waals surface area contributed by atoms with Gasteiger partial charge in [0.2, 0.25) is 0 Å². The van der Waals surface area contributed by atoms with Crippen molar-refractivity contribution in [2.75, 3.05) is 19.0 Å². The minimum Gasteiger partial charge on any atom is -0.497 e. The molecule has 0 bridgehead atoms. The molecule has 3 aromatic rings. The maximum absolute atomic E-state index is 13.1. The number of rotatable bonds is 4. The number of methoxy groups -OCH3 is 1. The van der Waals surface area contributed by atoms with Crippen LogP contribution in [0.3, 0.4) is 0 Å². The van der Waals surface area contributed by atoms with Crippen molar-refractivity contribution in [3.63, 3.8) is 0 Å². The molecule has 2 aromatic carbocycles. The summed E-state index contributed by atoms with van der Waals surface area (Å²) in [5, 5.41) is 10.8. The number of carbonyl (C=O) groups is 1. The molecule has 1 fully saturated rings. The maximum Gasteiger partial charge on any atom is 0.322 e. The van der Waals surface area contributed by atoms with Crippen LogP contribution in [0, 0.1) is 0 Å². The SMILES string of the molecule is COc1ccc([C@@H]2CCCCCN2C(=O)Nc2ccc(-n3ccnn3)cc2)cc1. The molecule has 7 heteroatoms. The Morgan fingerprint density at radius 1 is 1.07 bits per heavy atom. The molecule has 1 atom stereocenters. The van der Waals surface area contributed by atoms with Crippen LogP contribution in [0.15, 0.2) is 60.9 Å². The molecule has 2 amide bonds. The number of carbonyl (C=O) groups excluding carboxylic acids is 1. The van der Waals surface area contributed by atoms with Crippen LogP contribution < -0.4 is 10.1 Å². The zero-order valence-electron chi connectivity index (χ0n) is 16.5. The van der Waals surface area contributed by atoms with E-state index in [1.54, 1.807) is 24.2 Å². The van der Waals surface area contributed by atoms with Crippen molar-refractivity contribution < 1.29 is 9.53 Å². The molecule has 0 aliphatic carbocycles. The number of hydrogen-bond acceptors (Lipinski definition) is 4. The summed E-state index contributed by atoms with van der Waals surface area (Å²) in [6.45, 7) is 0.750. The van der Waals surface area contributed by atoms with Crippen LogP contribution in [0.4, 0.5) is 10.5 Å². The first-order valence-electron chi connectivity index (χ1n) is 9.93. The van der Waals surface area contributed by atoms with E-state index >= 15 is 0 Å². The van der Waals surface area contributed by atoms with Crippen molar-refractivity contribution >= 4 is 11.7 Å². The number of likely N-dealkylation sites (tertiary alicyclic amines) is 1. The third-order valence-corrected chi connectivity index (χ3v) is 5.32. The average molecular weight is 391 g/mol. The molecule has 2 heterocycles. The number of urea groups is 1. The molecule has 1 aliphatic rings. The lowest BCUT2D eigenvalue weighted by Crippen LogP contribution is -2.38. The first-order chi connectivity index (χ1) is 14.2. The number of ether oxygens (including phenoxy) is 1. The topological polar surface area (TPSA) is 72.3 Å². The van der Waals surface area contributed by atoms with E-state index in [9.17, 15) is 4.79 Å². The Bertz CT molecular complexity index is 923. The highest BCUT2D eigenvalue weighted by Gasteiger charge is 2.27. The Morgan fingerprint density at radius 2 is 1.86 bits per heavy atom. The van der Waals surface area contributed by atoms with Gasteiger partial charge in [-0.2, -0.15) is 0 Å². The second-order valence-electron chi connectivity index (χ2n) is 7.16. The zero-order valence-corrected chi connectivity index (χ0v) is 16.5. The molecule has 4 rings (SSSR count). The Hall–Kier alpha value is -3.35. The van der Waals surface area contributed by atoms with Crippen LogP contribution in [0.25, 0.3) is 5.69 Å². The summed E-state index contributed by atoms with van der Waals surface area (Å²) in [6.07, 6.45) is 7.66. The summed E-state index contributed by atoms with van der Waals surface area (Å²) in [6, 6.07) is 15.6. The van der Waals surface area contributed by atoms with Gasteiger partial charge in [0.15, 0.2) is 0 Å². The van der Waals surface area contributed by atoms with E-state index < -0.39 is 0 Å². The Balaban J connectivity index is 1.49. The molecular weight excluding hydrogens is 366 g/mol. The van der Waals surface area contributed by atoms with E-state index in [0.29, 0.717) is 0 Å². The summed E-state index contributed by atoms with van der Waals surface area (Å²) in [5.41, 5.74) is 2.80. The number of benzene rings is 2. The van der Waals surface area contributed by atoms with Gasteiger partial charge in [-0.1, -0.05) is 30.2 Å². The molecule has 150 valence electrons. The summed E-state index contributed by atoms with van der Waals surface area (Å²) in [5.74, 6) is 0.825. The zero-order chi connectivity index (χ0) is 20.1. The van der Waals surface area contributed by atoms with Crippen molar-refractivity contribution in [2.45, 2.75) is 31.7 Å². The molecule has 29 heavy (non-hydrogen) atoms. The Kier molecular flexibility index (Phi) is 5.74. The predicted molar refractivity (Wildman–Crippen MR) is 111 cm³/mol. The van der Waals surface area contributed by atoms with Gasteiger partial charge in [-0.25, -0.2) is 9.48 Å². The monoisotopic (exact) mass is 391 g/mol. The van der Waals surface area contributed by atoms with E-state index in [1.807, 2.05) is 41.3 Å². The molecule has 1 aliphatic heterocycles. The minimum atomic E-state index is -0.0683. The molecule has 7 nitrogen and oxygen atoms in total. The lowest BCUT2D eigenvalue weighted by atomic mass is 10.0. The second kappa shape index (κ2) is 8.77. The summed E-state index contributed by atoms with van der Waals surface area (Å²) in [7, 11) is 1.66. The first-order valence-corrected chi connectivity index (χ1v) is 9.93. The fourth-order valence-corrected chi connectivity index (χ4v) is 3.76. The first kappa shape index (κ1) is 19.0. The highest BCUT2D eigenvalue weighted by atomic mass is 16.5. The number of amides is 2. The van der Waals surface area contributed by atoms with Crippen LogP contribution in [-0.4, -0.2) is 39.6 Å². The van der Waals surface area contributed by atoms with Gasteiger partial charge >= 0.3 is 6.03 Å². The van der Waals surface area contributed by atoms with Crippen LogP contribution in [0.2, 0.25) is 0 Å². The van der Waals surface area contributed by atoms with Gasteiger partial charge in [0.25, 0.3) is 0 Å².